The highest BCUT2D eigenvalue weighted by molar-refractivity contribution is 6.04. The van der Waals surface area contributed by atoms with Crippen molar-refractivity contribution in [3.63, 3.8) is 0 Å². The Morgan fingerprint density at radius 1 is 1.00 bits per heavy atom. The van der Waals surface area contributed by atoms with Crippen molar-refractivity contribution in [3.8, 4) is 23.1 Å². The number of nitrogens with zero attached hydrogens (tertiary/aromatic N) is 3. The SMILES string of the molecule is COCCOc1nc(-c2ccc(F)cc2)n(-c2cccc(NC(=O)c3ccc(C(F)(F)F)cc3)c2)n1. The molecule has 0 aliphatic carbocycles. The molecule has 0 saturated carbocycles. The summed E-state index contributed by atoms with van der Waals surface area (Å²) in [7, 11) is 1.53. The van der Waals surface area contributed by atoms with Crippen LogP contribution in [0.15, 0.2) is 72.8 Å². The number of benzene rings is 3. The molecule has 36 heavy (non-hydrogen) atoms. The Kier molecular flexibility index (Phi) is 7.30. The zero-order valence-corrected chi connectivity index (χ0v) is 18.9. The van der Waals surface area contributed by atoms with Gasteiger partial charge < -0.3 is 14.8 Å². The molecule has 4 rings (SSSR count). The van der Waals surface area contributed by atoms with E-state index in [1.165, 1.54) is 23.9 Å². The van der Waals surface area contributed by atoms with E-state index in [1.54, 1.807) is 36.4 Å². The number of methoxy groups -OCH3 is 1. The summed E-state index contributed by atoms with van der Waals surface area (Å²) in [6, 6.07) is 16.3. The van der Waals surface area contributed by atoms with Gasteiger partial charge in [0.05, 0.1) is 17.9 Å². The summed E-state index contributed by atoms with van der Waals surface area (Å²) in [5, 5.41) is 7.04. The average Bonchev–Trinajstić information content (AvgIpc) is 3.28. The van der Waals surface area contributed by atoms with Crippen molar-refractivity contribution in [2.75, 3.05) is 25.6 Å². The van der Waals surface area contributed by atoms with E-state index in [0.29, 0.717) is 29.4 Å². The molecule has 0 saturated heterocycles. The van der Waals surface area contributed by atoms with E-state index in [4.69, 9.17) is 9.47 Å². The molecular weight excluding hydrogens is 480 g/mol. The smallest absolute Gasteiger partial charge is 0.416 e. The number of anilines is 1. The van der Waals surface area contributed by atoms with Gasteiger partial charge in [-0.15, -0.1) is 5.10 Å². The largest absolute Gasteiger partial charge is 0.460 e. The number of nitrogens with one attached hydrogen (secondary N) is 1. The summed E-state index contributed by atoms with van der Waals surface area (Å²) >= 11 is 0. The first-order valence-corrected chi connectivity index (χ1v) is 10.7. The number of rotatable bonds is 8. The Morgan fingerprint density at radius 3 is 2.39 bits per heavy atom. The first kappa shape index (κ1) is 24.9. The van der Waals surface area contributed by atoms with Crippen molar-refractivity contribution in [1.29, 1.82) is 0 Å². The van der Waals surface area contributed by atoms with Gasteiger partial charge in [-0.3, -0.25) is 4.79 Å². The fourth-order valence-corrected chi connectivity index (χ4v) is 3.27. The van der Waals surface area contributed by atoms with Gasteiger partial charge in [0.2, 0.25) is 0 Å². The van der Waals surface area contributed by atoms with Crippen LogP contribution in [0.1, 0.15) is 15.9 Å². The van der Waals surface area contributed by atoms with Gasteiger partial charge >= 0.3 is 12.2 Å². The van der Waals surface area contributed by atoms with Gasteiger partial charge in [-0.05, 0) is 66.7 Å². The summed E-state index contributed by atoms with van der Waals surface area (Å²) in [6.07, 6.45) is -4.49. The maximum Gasteiger partial charge on any atom is 0.416 e. The van der Waals surface area contributed by atoms with Crippen LogP contribution in [0.25, 0.3) is 17.1 Å². The molecule has 0 radical (unpaired) electrons. The normalized spacial score (nSPS) is 11.4. The summed E-state index contributed by atoms with van der Waals surface area (Å²) in [5.41, 5.74) is 0.678. The van der Waals surface area contributed by atoms with E-state index in [0.717, 1.165) is 24.3 Å². The molecule has 186 valence electrons. The second-order valence-electron chi connectivity index (χ2n) is 7.56. The third kappa shape index (κ3) is 5.87. The van der Waals surface area contributed by atoms with Crippen LogP contribution in [0.2, 0.25) is 0 Å². The lowest BCUT2D eigenvalue weighted by atomic mass is 10.1. The highest BCUT2D eigenvalue weighted by Gasteiger charge is 2.30. The van der Waals surface area contributed by atoms with Gasteiger partial charge in [0.15, 0.2) is 5.82 Å². The van der Waals surface area contributed by atoms with Gasteiger partial charge in [0.1, 0.15) is 12.4 Å². The van der Waals surface area contributed by atoms with Crippen LogP contribution in [0.3, 0.4) is 0 Å². The zero-order valence-electron chi connectivity index (χ0n) is 18.9. The molecule has 1 heterocycles. The minimum absolute atomic E-state index is 0.0648. The number of carbonyl (C=O) groups excluding carboxylic acids is 1. The Bertz CT molecular complexity index is 1340. The number of alkyl halides is 3. The average molecular weight is 500 g/mol. The van der Waals surface area contributed by atoms with E-state index < -0.39 is 23.5 Å². The highest BCUT2D eigenvalue weighted by atomic mass is 19.4. The molecule has 4 aromatic rings. The van der Waals surface area contributed by atoms with E-state index >= 15 is 0 Å². The third-order valence-electron chi connectivity index (χ3n) is 5.03. The Hall–Kier alpha value is -4.25. The van der Waals surface area contributed by atoms with Crippen molar-refractivity contribution in [1.82, 2.24) is 14.8 Å². The molecule has 0 spiro atoms. The fraction of sp³-hybridized carbons (Fsp3) is 0.160. The van der Waals surface area contributed by atoms with Gasteiger partial charge in [0, 0.05) is 23.9 Å². The van der Waals surface area contributed by atoms with E-state index in [-0.39, 0.29) is 18.2 Å². The van der Waals surface area contributed by atoms with Crippen molar-refractivity contribution in [2.45, 2.75) is 6.18 Å². The van der Waals surface area contributed by atoms with Crippen LogP contribution in [0, 0.1) is 5.82 Å². The van der Waals surface area contributed by atoms with Gasteiger partial charge in [-0.2, -0.15) is 18.2 Å². The molecule has 7 nitrogen and oxygen atoms in total. The molecule has 3 aromatic carbocycles. The second kappa shape index (κ2) is 10.6. The molecule has 1 N–H and O–H groups in total. The molecule has 0 fully saturated rings. The zero-order chi connectivity index (χ0) is 25.7. The van der Waals surface area contributed by atoms with Gasteiger partial charge in [-0.1, -0.05) is 6.07 Å². The molecule has 0 aliphatic rings. The third-order valence-corrected chi connectivity index (χ3v) is 5.03. The molecule has 0 aliphatic heterocycles. The molecule has 1 aromatic heterocycles. The predicted molar refractivity (Wildman–Crippen MR) is 124 cm³/mol. The minimum Gasteiger partial charge on any atom is -0.460 e. The van der Waals surface area contributed by atoms with Crippen LogP contribution in [-0.2, 0) is 10.9 Å². The van der Waals surface area contributed by atoms with Crippen LogP contribution in [-0.4, -0.2) is 41.0 Å². The van der Waals surface area contributed by atoms with Crippen molar-refractivity contribution in [3.05, 3.63) is 89.7 Å². The molecule has 0 unspecified atom stereocenters. The molecule has 0 bridgehead atoms. The standard InChI is InChI=1S/C25H20F4N4O3/c1-35-13-14-36-24-31-22(16-7-11-19(26)12-8-16)33(32-24)21-4-2-3-20(15-21)30-23(34)17-5-9-18(10-6-17)25(27,28)29/h2-12,15H,13-14H2,1H3,(H,30,34). The number of hydrogen-bond acceptors (Lipinski definition) is 5. The summed E-state index contributed by atoms with van der Waals surface area (Å²) < 4.78 is 63.8. The number of ether oxygens (including phenoxy) is 2. The van der Waals surface area contributed by atoms with E-state index in [1.807, 2.05) is 0 Å². The molecule has 11 heteroatoms. The van der Waals surface area contributed by atoms with Crippen LogP contribution < -0.4 is 10.1 Å². The van der Waals surface area contributed by atoms with Crippen LogP contribution in [0.5, 0.6) is 6.01 Å². The monoisotopic (exact) mass is 500 g/mol. The predicted octanol–water partition coefficient (Wildman–Crippen LogP) is 5.37. The van der Waals surface area contributed by atoms with Crippen molar-refractivity contribution < 1.29 is 31.8 Å². The number of aromatic nitrogens is 3. The lowest BCUT2D eigenvalue weighted by molar-refractivity contribution is -0.137. The van der Waals surface area contributed by atoms with E-state index in [9.17, 15) is 22.4 Å². The molecule has 0 atom stereocenters. The number of hydrogen-bond donors (Lipinski definition) is 1. The lowest BCUT2D eigenvalue weighted by Gasteiger charge is -2.10. The van der Waals surface area contributed by atoms with Gasteiger partial charge in [0.25, 0.3) is 5.91 Å². The van der Waals surface area contributed by atoms with Crippen molar-refractivity contribution in [2.24, 2.45) is 0 Å². The first-order valence-electron chi connectivity index (χ1n) is 10.7. The summed E-state index contributed by atoms with van der Waals surface area (Å²) in [4.78, 5) is 17.0. The van der Waals surface area contributed by atoms with Gasteiger partial charge in [-0.25, -0.2) is 9.07 Å². The summed E-state index contributed by atoms with van der Waals surface area (Å²) in [6.45, 7) is 0.540. The van der Waals surface area contributed by atoms with E-state index in [2.05, 4.69) is 15.4 Å². The maximum atomic E-state index is 13.5. The fourth-order valence-electron chi connectivity index (χ4n) is 3.27. The Balaban J connectivity index is 1.61. The second-order valence-corrected chi connectivity index (χ2v) is 7.56. The highest BCUT2D eigenvalue weighted by Crippen LogP contribution is 2.29. The number of carbonyl (C=O) groups is 1. The van der Waals surface area contributed by atoms with Crippen LogP contribution >= 0.6 is 0 Å². The minimum atomic E-state index is -4.49. The molecular formula is C25H20F4N4O3. The number of amides is 1. The topological polar surface area (TPSA) is 78.3 Å². The van der Waals surface area contributed by atoms with Crippen molar-refractivity contribution >= 4 is 11.6 Å². The van der Waals surface area contributed by atoms with Crippen LogP contribution in [0.4, 0.5) is 23.2 Å². The summed E-state index contributed by atoms with van der Waals surface area (Å²) in [5.74, 6) is -0.621. The molecule has 1 amide bonds. The number of halogens is 4. The lowest BCUT2D eigenvalue weighted by Crippen LogP contribution is -2.13. The quantitative estimate of drug-likeness (QED) is 0.260. The first-order chi connectivity index (χ1) is 17.2. The maximum absolute atomic E-state index is 13.5. The Morgan fingerprint density at radius 2 is 1.72 bits per heavy atom. The Labute approximate surface area is 203 Å².